The van der Waals surface area contributed by atoms with Crippen LogP contribution in [0.15, 0.2) is 29.3 Å². The number of carbonyl (C=O) groups is 2. The van der Waals surface area contributed by atoms with E-state index in [0.717, 1.165) is 11.1 Å². The molecular formula is C16H21N3O4. The van der Waals surface area contributed by atoms with E-state index in [1.165, 1.54) is 13.2 Å². The van der Waals surface area contributed by atoms with Crippen LogP contribution in [0.4, 0.5) is 4.79 Å². The maximum Gasteiger partial charge on any atom is 0.328 e. The van der Waals surface area contributed by atoms with Gasteiger partial charge in [0.15, 0.2) is 0 Å². The minimum absolute atomic E-state index is 0.0854. The Balaban J connectivity index is 2.58. The molecule has 0 aromatic heterocycles. The van der Waals surface area contributed by atoms with Crippen LogP contribution in [0.1, 0.15) is 25.0 Å². The van der Waals surface area contributed by atoms with Gasteiger partial charge in [0.2, 0.25) is 6.08 Å². The lowest BCUT2D eigenvalue weighted by atomic mass is 10.1. The maximum atomic E-state index is 11.9. The van der Waals surface area contributed by atoms with Gasteiger partial charge in [0.25, 0.3) is 0 Å². The van der Waals surface area contributed by atoms with Crippen molar-refractivity contribution in [2.75, 3.05) is 7.11 Å². The monoisotopic (exact) mass is 319 g/mol. The number of urea groups is 1. The first-order valence-corrected chi connectivity index (χ1v) is 7.21. The molecule has 0 heterocycles. The Morgan fingerprint density at radius 1 is 1.30 bits per heavy atom. The lowest BCUT2D eigenvalue weighted by Crippen LogP contribution is -2.48. The Morgan fingerprint density at radius 2 is 2.00 bits per heavy atom. The summed E-state index contributed by atoms with van der Waals surface area (Å²) in [5.41, 5.74) is 1.71. The molecule has 1 atom stereocenters. The fourth-order valence-electron chi connectivity index (χ4n) is 1.96. The summed E-state index contributed by atoms with van der Waals surface area (Å²) >= 11 is 0. The highest BCUT2D eigenvalue weighted by atomic mass is 16.5. The largest absolute Gasteiger partial charge is 0.467 e. The van der Waals surface area contributed by atoms with Gasteiger partial charge in [-0.3, -0.25) is 0 Å². The van der Waals surface area contributed by atoms with E-state index in [9.17, 15) is 14.4 Å². The molecule has 1 unspecified atom stereocenters. The maximum absolute atomic E-state index is 11.9. The fraction of sp³-hybridized carbons (Fsp3) is 0.438. The molecule has 0 fully saturated rings. The average molecular weight is 319 g/mol. The van der Waals surface area contributed by atoms with Crippen LogP contribution in [0.25, 0.3) is 0 Å². The van der Waals surface area contributed by atoms with Crippen molar-refractivity contribution in [2.24, 2.45) is 10.9 Å². The van der Waals surface area contributed by atoms with Crippen molar-refractivity contribution in [1.82, 2.24) is 10.6 Å². The summed E-state index contributed by atoms with van der Waals surface area (Å²) in [4.78, 5) is 37.1. The molecule has 23 heavy (non-hydrogen) atoms. The highest BCUT2D eigenvalue weighted by molar-refractivity contribution is 5.83. The topological polar surface area (TPSA) is 96.9 Å². The Kier molecular flexibility index (Phi) is 7.50. The van der Waals surface area contributed by atoms with Gasteiger partial charge in [-0.2, -0.15) is 0 Å². The molecule has 0 spiro atoms. The van der Waals surface area contributed by atoms with E-state index in [4.69, 9.17) is 0 Å². The SMILES string of the molecule is COC(=O)C(NC(=O)NCc1cccc(CN=C=O)c1)C(C)C. The predicted octanol–water partition coefficient (Wildman–Crippen LogP) is 1.52. The molecule has 0 radical (unpaired) electrons. The van der Waals surface area contributed by atoms with E-state index in [0.29, 0.717) is 0 Å². The molecule has 7 heteroatoms. The molecule has 124 valence electrons. The molecular weight excluding hydrogens is 298 g/mol. The third kappa shape index (κ3) is 6.32. The number of methoxy groups -OCH3 is 1. The van der Waals surface area contributed by atoms with Gasteiger partial charge >= 0.3 is 12.0 Å². The van der Waals surface area contributed by atoms with Crippen molar-refractivity contribution in [3.63, 3.8) is 0 Å². The van der Waals surface area contributed by atoms with Crippen LogP contribution in [-0.2, 0) is 27.4 Å². The number of aliphatic imine (C=N–C) groups is 1. The quantitative estimate of drug-likeness (QED) is 0.452. The third-order valence-corrected chi connectivity index (χ3v) is 3.18. The van der Waals surface area contributed by atoms with Gasteiger partial charge in [-0.1, -0.05) is 38.1 Å². The zero-order valence-electron chi connectivity index (χ0n) is 13.5. The van der Waals surface area contributed by atoms with Crippen molar-refractivity contribution < 1.29 is 19.1 Å². The summed E-state index contributed by atoms with van der Waals surface area (Å²) in [5, 5.41) is 5.27. The lowest BCUT2D eigenvalue weighted by molar-refractivity contribution is -0.143. The summed E-state index contributed by atoms with van der Waals surface area (Å²) in [6, 6.07) is 6.17. The highest BCUT2D eigenvalue weighted by Crippen LogP contribution is 2.07. The Labute approximate surface area is 135 Å². The van der Waals surface area contributed by atoms with Crippen LogP contribution in [0, 0.1) is 5.92 Å². The molecule has 1 aromatic rings. The van der Waals surface area contributed by atoms with Crippen LogP contribution in [0.3, 0.4) is 0 Å². The lowest BCUT2D eigenvalue weighted by Gasteiger charge is -2.20. The Bertz CT molecular complexity index is 595. The summed E-state index contributed by atoms with van der Waals surface area (Å²) in [7, 11) is 1.28. The van der Waals surface area contributed by atoms with Crippen LogP contribution in [0.5, 0.6) is 0 Å². The molecule has 0 aliphatic heterocycles. The average Bonchev–Trinajstić information content (AvgIpc) is 2.55. The molecule has 7 nitrogen and oxygen atoms in total. The van der Waals surface area contributed by atoms with Gasteiger partial charge in [0.1, 0.15) is 6.04 Å². The Hall–Kier alpha value is -2.66. The second kappa shape index (κ2) is 9.38. The van der Waals surface area contributed by atoms with Gasteiger partial charge in [0, 0.05) is 6.54 Å². The molecule has 0 aliphatic rings. The first-order chi connectivity index (χ1) is 11.0. The third-order valence-electron chi connectivity index (χ3n) is 3.18. The predicted molar refractivity (Wildman–Crippen MR) is 84.3 cm³/mol. The summed E-state index contributed by atoms with van der Waals surface area (Å²) in [6.07, 6.45) is 1.49. The molecule has 1 aromatic carbocycles. The number of isocyanates is 1. The molecule has 0 saturated heterocycles. The molecule has 0 aliphatic carbocycles. The van der Waals surface area contributed by atoms with Gasteiger partial charge in [-0.15, -0.1) is 0 Å². The summed E-state index contributed by atoms with van der Waals surface area (Å²) in [6.45, 7) is 4.18. The van der Waals surface area contributed by atoms with Crippen molar-refractivity contribution in [3.05, 3.63) is 35.4 Å². The number of nitrogens with zero attached hydrogens (tertiary/aromatic N) is 1. The van der Waals surface area contributed by atoms with Crippen LogP contribution in [-0.4, -0.2) is 31.2 Å². The van der Waals surface area contributed by atoms with Gasteiger partial charge in [-0.25, -0.2) is 19.4 Å². The number of rotatable bonds is 7. The van der Waals surface area contributed by atoms with Crippen LogP contribution in [0.2, 0.25) is 0 Å². The van der Waals surface area contributed by atoms with E-state index >= 15 is 0 Å². The number of esters is 1. The number of ether oxygens (including phenoxy) is 1. The number of hydrogen-bond acceptors (Lipinski definition) is 5. The fourth-order valence-corrected chi connectivity index (χ4v) is 1.96. The first-order valence-electron chi connectivity index (χ1n) is 7.21. The van der Waals surface area contributed by atoms with Gasteiger partial charge in [0.05, 0.1) is 13.7 Å². The Morgan fingerprint density at radius 3 is 2.61 bits per heavy atom. The second-order valence-electron chi connectivity index (χ2n) is 5.30. The smallest absolute Gasteiger partial charge is 0.328 e. The highest BCUT2D eigenvalue weighted by Gasteiger charge is 2.24. The van der Waals surface area contributed by atoms with Crippen LogP contribution < -0.4 is 10.6 Å². The van der Waals surface area contributed by atoms with E-state index in [2.05, 4.69) is 20.4 Å². The van der Waals surface area contributed by atoms with E-state index < -0.39 is 18.0 Å². The van der Waals surface area contributed by atoms with Gasteiger partial charge < -0.3 is 15.4 Å². The minimum atomic E-state index is -0.701. The minimum Gasteiger partial charge on any atom is -0.467 e. The zero-order chi connectivity index (χ0) is 17.2. The summed E-state index contributed by atoms with van der Waals surface area (Å²) < 4.78 is 4.67. The van der Waals surface area contributed by atoms with E-state index in [-0.39, 0.29) is 19.0 Å². The van der Waals surface area contributed by atoms with Gasteiger partial charge in [-0.05, 0) is 17.0 Å². The zero-order valence-corrected chi connectivity index (χ0v) is 13.5. The van der Waals surface area contributed by atoms with E-state index in [1.807, 2.05) is 38.1 Å². The standard InChI is InChI=1S/C16H21N3O4/c1-11(2)14(15(21)23-3)19-16(22)18-9-13-6-4-5-12(7-13)8-17-10-20/h4-7,11,14H,8-9H2,1-3H3,(H2,18,19,22). The van der Waals surface area contributed by atoms with Crippen LogP contribution >= 0.6 is 0 Å². The second-order valence-corrected chi connectivity index (χ2v) is 5.30. The molecule has 0 saturated carbocycles. The first kappa shape index (κ1) is 18.4. The number of hydrogen-bond donors (Lipinski definition) is 2. The number of amides is 2. The molecule has 2 N–H and O–H groups in total. The van der Waals surface area contributed by atoms with Crippen molar-refractivity contribution in [3.8, 4) is 0 Å². The van der Waals surface area contributed by atoms with Crippen molar-refractivity contribution in [2.45, 2.75) is 33.0 Å². The summed E-state index contributed by atoms with van der Waals surface area (Å²) in [5.74, 6) is -0.568. The molecule has 1 rings (SSSR count). The number of benzene rings is 1. The van der Waals surface area contributed by atoms with Crippen molar-refractivity contribution >= 4 is 18.1 Å². The number of nitrogens with one attached hydrogen (secondary N) is 2. The van der Waals surface area contributed by atoms with E-state index in [1.54, 1.807) is 0 Å². The molecule has 2 amide bonds. The number of carbonyl (C=O) groups excluding carboxylic acids is 3. The van der Waals surface area contributed by atoms with Crippen molar-refractivity contribution in [1.29, 1.82) is 0 Å². The normalized spacial score (nSPS) is 11.3. The molecule has 0 bridgehead atoms.